The van der Waals surface area contributed by atoms with E-state index in [1.165, 1.54) is 0 Å². The monoisotopic (exact) mass is 304 g/mol. The molecule has 1 aliphatic carbocycles. The van der Waals surface area contributed by atoms with E-state index < -0.39 is 17.2 Å². The van der Waals surface area contributed by atoms with Crippen molar-refractivity contribution in [1.82, 2.24) is 9.78 Å². The Bertz CT molecular complexity index is 809. The molecule has 0 aliphatic heterocycles. The number of esters is 1. The molecule has 0 radical (unpaired) electrons. The van der Waals surface area contributed by atoms with Crippen LogP contribution in [0.25, 0.3) is 10.8 Å². The fraction of sp³-hybridized carbons (Fsp3) is 0.438. The highest BCUT2D eigenvalue weighted by Crippen LogP contribution is 2.50. The quantitative estimate of drug-likeness (QED) is 0.813. The van der Waals surface area contributed by atoms with Gasteiger partial charge in [-0.25, -0.2) is 9.07 Å². The number of benzene rings is 1. The number of halogens is 1. The first-order valence-corrected chi connectivity index (χ1v) is 7.31. The first kappa shape index (κ1) is 14.7. The maximum Gasteiger partial charge on any atom is 0.327 e. The number of alkyl halides is 1. The third-order valence-electron chi connectivity index (χ3n) is 3.81. The van der Waals surface area contributed by atoms with Gasteiger partial charge < -0.3 is 4.74 Å². The summed E-state index contributed by atoms with van der Waals surface area (Å²) in [5.74, 6) is -0.557. The number of hydrogen-bond donors (Lipinski definition) is 0. The Morgan fingerprint density at radius 1 is 1.41 bits per heavy atom. The van der Waals surface area contributed by atoms with E-state index >= 15 is 0 Å². The smallest absolute Gasteiger partial charge is 0.327 e. The molecule has 0 unspecified atom stereocenters. The van der Waals surface area contributed by atoms with Crippen LogP contribution in [0.15, 0.2) is 23.0 Å². The summed E-state index contributed by atoms with van der Waals surface area (Å²) in [7, 11) is 0. The highest BCUT2D eigenvalue weighted by atomic mass is 19.1. The van der Waals surface area contributed by atoms with Gasteiger partial charge >= 0.3 is 5.97 Å². The number of hydrogen-bond acceptors (Lipinski definition) is 4. The number of aryl methyl sites for hydroxylation is 1. The van der Waals surface area contributed by atoms with E-state index in [1.54, 1.807) is 25.1 Å². The topological polar surface area (TPSA) is 61.2 Å². The van der Waals surface area contributed by atoms with Gasteiger partial charge in [-0.05, 0) is 38.8 Å². The standard InChI is InChI=1S/C16H17FN2O3/c1-3-22-13(20)9-19-15(21)11-5-4-10(2)8-12(11)14(18-19)16(17)6-7-16/h4-5,8H,3,6-7,9H2,1-2H3. The highest BCUT2D eigenvalue weighted by molar-refractivity contribution is 5.85. The Morgan fingerprint density at radius 2 is 2.14 bits per heavy atom. The largest absolute Gasteiger partial charge is 0.465 e. The van der Waals surface area contributed by atoms with E-state index in [-0.39, 0.29) is 18.8 Å². The summed E-state index contributed by atoms with van der Waals surface area (Å²) in [6.45, 7) is 3.48. The number of rotatable bonds is 4. The molecule has 0 amide bonds. The molecular weight excluding hydrogens is 287 g/mol. The van der Waals surface area contributed by atoms with Gasteiger partial charge in [-0.3, -0.25) is 9.59 Å². The van der Waals surface area contributed by atoms with E-state index in [0.717, 1.165) is 10.2 Å². The summed E-state index contributed by atoms with van der Waals surface area (Å²) < 4.78 is 20.4. The van der Waals surface area contributed by atoms with E-state index in [2.05, 4.69) is 5.10 Å². The number of fused-ring (bicyclic) bond motifs is 1. The molecule has 0 saturated heterocycles. The molecular formula is C16H17FN2O3. The Morgan fingerprint density at radius 3 is 2.77 bits per heavy atom. The van der Waals surface area contributed by atoms with Crippen molar-refractivity contribution in [2.45, 2.75) is 38.9 Å². The Labute approximate surface area is 126 Å². The number of carbonyl (C=O) groups is 1. The fourth-order valence-electron chi connectivity index (χ4n) is 2.51. The molecule has 0 spiro atoms. The molecule has 22 heavy (non-hydrogen) atoms. The van der Waals surface area contributed by atoms with Crippen LogP contribution in [0.5, 0.6) is 0 Å². The zero-order valence-electron chi connectivity index (χ0n) is 12.6. The van der Waals surface area contributed by atoms with Crippen molar-refractivity contribution in [2.24, 2.45) is 0 Å². The number of nitrogens with zero attached hydrogens (tertiary/aromatic N) is 2. The van der Waals surface area contributed by atoms with Gasteiger partial charge in [0.05, 0.1) is 12.0 Å². The fourth-order valence-corrected chi connectivity index (χ4v) is 2.51. The van der Waals surface area contributed by atoms with Gasteiger partial charge in [-0.2, -0.15) is 5.10 Å². The number of carbonyl (C=O) groups excluding carboxylic acids is 1. The predicted octanol–water partition coefficient (Wildman–Crippen LogP) is 2.23. The molecule has 1 aromatic carbocycles. The second-order valence-electron chi connectivity index (χ2n) is 5.63. The second-order valence-corrected chi connectivity index (χ2v) is 5.63. The average molecular weight is 304 g/mol. The molecule has 1 aromatic heterocycles. The molecule has 5 nitrogen and oxygen atoms in total. The van der Waals surface area contributed by atoms with Crippen molar-refractivity contribution in [3.63, 3.8) is 0 Å². The van der Waals surface area contributed by atoms with Gasteiger partial charge in [-0.1, -0.05) is 11.6 Å². The highest BCUT2D eigenvalue weighted by Gasteiger charge is 2.48. The molecule has 2 aromatic rings. The predicted molar refractivity (Wildman–Crippen MR) is 79.4 cm³/mol. The Hall–Kier alpha value is -2.24. The lowest BCUT2D eigenvalue weighted by molar-refractivity contribution is -0.144. The minimum atomic E-state index is -1.49. The lowest BCUT2D eigenvalue weighted by Gasteiger charge is -2.13. The lowest BCUT2D eigenvalue weighted by Crippen LogP contribution is -2.30. The van der Waals surface area contributed by atoms with Crippen LogP contribution in [0.2, 0.25) is 0 Å². The zero-order chi connectivity index (χ0) is 15.9. The number of aromatic nitrogens is 2. The van der Waals surface area contributed by atoms with Crippen molar-refractivity contribution >= 4 is 16.7 Å². The van der Waals surface area contributed by atoms with E-state index in [1.807, 2.05) is 6.92 Å². The van der Waals surface area contributed by atoms with Gasteiger partial charge in [0.25, 0.3) is 5.56 Å². The Kier molecular flexibility index (Phi) is 3.47. The maximum absolute atomic E-state index is 14.6. The molecule has 0 atom stereocenters. The van der Waals surface area contributed by atoms with Crippen molar-refractivity contribution < 1.29 is 13.9 Å². The minimum Gasteiger partial charge on any atom is -0.465 e. The molecule has 116 valence electrons. The van der Waals surface area contributed by atoms with Crippen LogP contribution in [0, 0.1) is 6.92 Å². The van der Waals surface area contributed by atoms with E-state index in [4.69, 9.17) is 4.74 Å². The second kappa shape index (κ2) is 5.19. The zero-order valence-corrected chi connectivity index (χ0v) is 12.6. The molecule has 1 fully saturated rings. The van der Waals surface area contributed by atoms with Crippen LogP contribution in [0.1, 0.15) is 31.0 Å². The molecule has 0 bridgehead atoms. The Balaban J connectivity index is 2.18. The van der Waals surface area contributed by atoms with Crippen LogP contribution >= 0.6 is 0 Å². The average Bonchev–Trinajstić information content (AvgIpc) is 3.21. The summed E-state index contributed by atoms with van der Waals surface area (Å²) in [6, 6.07) is 5.22. The van der Waals surface area contributed by atoms with Gasteiger partial charge in [0.1, 0.15) is 12.2 Å². The van der Waals surface area contributed by atoms with E-state index in [9.17, 15) is 14.0 Å². The van der Waals surface area contributed by atoms with Crippen LogP contribution in [0.3, 0.4) is 0 Å². The molecule has 3 rings (SSSR count). The van der Waals surface area contributed by atoms with Gasteiger partial charge in [0.2, 0.25) is 0 Å². The van der Waals surface area contributed by atoms with Crippen LogP contribution in [-0.2, 0) is 21.7 Å². The van der Waals surface area contributed by atoms with Crippen molar-refractivity contribution in [2.75, 3.05) is 6.61 Å². The first-order chi connectivity index (χ1) is 10.4. The summed E-state index contributed by atoms with van der Waals surface area (Å²) in [5.41, 5.74) is -0.718. The minimum absolute atomic E-state index is 0.222. The molecule has 6 heteroatoms. The molecule has 1 saturated carbocycles. The van der Waals surface area contributed by atoms with E-state index in [0.29, 0.717) is 23.6 Å². The van der Waals surface area contributed by atoms with Crippen molar-refractivity contribution in [3.8, 4) is 0 Å². The van der Waals surface area contributed by atoms with Crippen LogP contribution < -0.4 is 5.56 Å². The first-order valence-electron chi connectivity index (χ1n) is 7.31. The van der Waals surface area contributed by atoms with Crippen molar-refractivity contribution in [3.05, 3.63) is 39.8 Å². The van der Waals surface area contributed by atoms with Gasteiger partial charge in [0.15, 0.2) is 5.67 Å². The van der Waals surface area contributed by atoms with Crippen molar-refractivity contribution in [1.29, 1.82) is 0 Å². The SMILES string of the molecule is CCOC(=O)Cn1nc(C2(F)CC2)c2cc(C)ccc2c1=O. The molecule has 0 N–H and O–H groups in total. The summed E-state index contributed by atoms with van der Waals surface area (Å²) >= 11 is 0. The maximum atomic E-state index is 14.6. The van der Waals surface area contributed by atoms with Gasteiger partial charge in [-0.15, -0.1) is 0 Å². The van der Waals surface area contributed by atoms with Crippen LogP contribution in [-0.4, -0.2) is 22.4 Å². The normalized spacial score (nSPS) is 15.8. The summed E-state index contributed by atoms with van der Waals surface area (Å²) in [6.07, 6.45) is 0.779. The third-order valence-corrected chi connectivity index (χ3v) is 3.81. The lowest BCUT2D eigenvalue weighted by atomic mass is 10.0. The van der Waals surface area contributed by atoms with Gasteiger partial charge in [0, 0.05) is 5.39 Å². The summed E-state index contributed by atoms with van der Waals surface area (Å²) in [4.78, 5) is 24.1. The van der Waals surface area contributed by atoms with Crippen LogP contribution in [0.4, 0.5) is 4.39 Å². The molecule has 1 heterocycles. The third kappa shape index (κ3) is 2.49. The summed E-state index contributed by atoms with van der Waals surface area (Å²) in [5, 5.41) is 5.04. The number of ether oxygens (including phenoxy) is 1. The molecule has 1 aliphatic rings.